The van der Waals surface area contributed by atoms with Crippen molar-refractivity contribution in [2.75, 3.05) is 11.9 Å². The van der Waals surface area contributed by atoms with E-state index in [0.29, 0.717) is 6.54 Å². The maximum Gasteiger partial charge on any atom is 0.0819 e. The lowest BCUT2D eigenvalue weighted by molar-refractivity contribution is 0.0167. The van der Waals surface area contributed by atoms with Crippen molar-refractivity contribution >= 4 is 5.69 Å². The zero-order valence-electron chi connectivity index (χ0n) is 12.5. The number of aliphatic hydroxyl groups is 1. The second kappa shape index (κ2) is 5.54. The van der Waals surface area contributed by atoms with Gasteiger partial charge in [-0.1, -0.05) is 58.2 Å². The molecule has 0 aromatic heterocycles. The molecule has 0 atom stereocenters. The smallest absolute Gasteiger partial charge is 0.0819 e. The molecule has 1 aliphatic carbocycles. The van der Waals surface area contributed by atoms with E-state index in [4.69, 9.17) is 0 Å². The lowest BCUT2D eigenvalue weighted by atomic mass is 9.83. The maximum absolute atomic E-state index is 10.6. The van der Waals surface area contributed by atoms with E-state index in [1.807, 2.05) is 0 Å². The molecular weight excluding hydrogens is 234 g/mol. The molecule has 0 heterocycles. The highest BCUT2D eigenvalue weighted by Gasteiger charge is 2.29. The number of benzene rings is 1. The van der Waals surface area contributed by atoms with E-state index in [2.05, 4.69) is 50.4 Å². The van der Waals surface area contributed by atoms with Crippen molar-refractivity contribution in [2.45, 2.75) is 63.9 Å². The molecule has 0 radical (unpaired) electrons. The van der Waals surface area contributed by atoms with Gasteiger partial charge in [0.2, 0.25) is 0 Å². The van der Waals surface area contributed by atoms with Crippen LogP contribution in [0.4, 0.5) is 5.69 Å². The number of rotatable bonds is 3. The van der Waals surface area contributed by atoms with E-state index in [0.717, 1.165) is 31.4 Å². The normalized spacial score (nSPS) is 19.2. The zero-order chi connectivity index (χ0) is 13.9. The fraction of sp³-hybridized carbons (Fsp3) is 0.647. The molecule has 2 heteroatoms. The molecule has 2 nitrogen and oxygen atoms in total. The van der Waals surface area contributed by atoms with E-state index >= 15 is 0 Å². The van der Waals surface area contributed by atoms with Crippen LogP contribution in [0.15, 0.2) is 24.3 Å². The van der Waals surface area contributed by atoms with Gasteiger partial charge in [0, 0.05) is 12.2 Å². The summed E-state index contributed by atoms with van der Waals surface area (Å²) in [6.45, 7) is 7.34. The van der Waals surface area contributed by atoms with Crippen molar-refractivity contribution < 1.29 is 5.11 Å². The van der Waals surface area contributed by atoms with Crippen molar-refractivity contribution in [3.63, 3.8) is 0 Å². The highest BCUT2D eigenvalue weighted by Crippen LogP contribution is 2.32. The predicted molar refractivity (Wildman–Crippen MR) is 81.7 cm³/mol. The quantitative estimate of drug-likeness (QED) is 0.859. The molecule has 0 bridgehead atoms. The van der Waals surface area contributed by atoms with Crippen molar-refractivity contribution in [1.82, 2.24) is 0 Å². The Bertz CT molecular complexity index is 414. The number of hydrogen-bond acceptors (Lipinski definition) is 2. The SMILES string of the molecule is CC(C)(C)c1ccccc1NCC1(O)CCCCC1. The summed E-state index contributed by atoms with van der Waals surface area (Å²) < 4.78 is 0. The van der Waals surface area contributed by atoms with Gasteiger partial charge in [-0.05, 0) is 29.9 Å². The van der Waals surface area contributed by atoms with Crippen LogP contribution < -0.4 is 5.32 Å². The molecule has 2 rings (SSSR count). The molecule has 1 fully saturated rings. The molecule has 0 unspecified atom stereocenters. The van der Waals surface area contributed by atoms with Gasteiger partial charge in [0.15, 0.2) is 0 Å². The molecule has 2 N–H and O–H groups in total. The highest BCUT2D eigenvalue weighted by atomic mass is 16.3. The lowest BCUT2D eigenvalue weighted by Crippen LogP contribution is -2.39. The molecule has 1 aliphatic rings. The van der Waals surface area contributed by atoms with Crippen molar-refractivity contribution in [2.24, 2.45) is 0 Å². The monoisotopic (exact) mass is 261 g/mol. The number of hydrogen-bond donors (Lipinski definition) is 2. The van der Waals surface area contributed by atoms with Crippen LogP contribution >= 0.6 is 0 Å². The predicted octanol–water partition coefficient (Wildman–Crippen LogP) is 4.09. The van der Waals surface area contributed by atoms with Gasteiger partial charge in [-0.3, -0.25) is 0 Å². The molecule has 1 aromatic carbocycles. The molecule has 0 saturated heterocycles. The third-order valence-corrected chi connectivity index (χ3v) is 4.13. The molecule has 19 heavy (non-hydrogen) atoms. The largest absolute Gasteiger partial charge is 0.388 e. The Morgan fingerprint density at radius 3 is 2.37 bits per heavy atom. The van der Waals surface area contributed by atoms with Crippen LogP contribution in [-0.2, 0) is 5.41 Å². The Morgan fingerprint density at radius 2 is 1.74 bits per heavy atom. The van der Waals surface area contributed by atoms with E-state index in [9.17, 15) is 5.11 Å². The number of para-hydroxylation sites is 1. The first-order valence-corrected chi connectivity index (χ1v) is 7.47. The first-order valence-electron chi connectivity index (χ1n) is 7.47. The summed E-state index contributed by atoms with van der Waals surface area (Å²) in [5, 5.41) is 14.0. The fourth-order valence-electron chi connectivity index (χ4n) is 2.94. The molecular formula is C17H27NO. The topological polar surface area (TPSA) is 32.3 Å². The van der Waals surface area contributed by atoms with Crippen LogP contribution in [0.2, 0.25) is 0 Å². The molecule has 0 amide bonds. The second-order valence-corrected chi connectivity index (χ2v) is 6.93. The summed E-state index contributed by atoms with van der Waals surface area (Å²) >= 11 is 0. The van der Waals surface area contributed by atoms with Crippen LogP contribution in [0.5, 0.6) is 0 Å². The van der Waals surface area contributed by atoms with Gasteiger partial charge in [-0.15, -0.1) is 0 Å². The standard InChI is InChI=1S/C17H27NO/c1-16(2,3)14-9-5-6-10-15(14)18-13-17(19)11-7-4-8-12-17/h5-6,9-10,18-19H,4,7-8,11-13H2,1-3H3. The van der Waals surface area contributed by atoms with Crippen LogP contribution in [0.3, 0.4) is 0 Å². The molecule has 1 saturated carbocycles. The average Bonchev–Trinajstić information content (AvgIpc) is 2.37. The summed E-state index contributed by atoms with van der Waals surface area (Å²) in [5.41, 5.74) is 2.09. The minimum Gasteiger partial charge on any atom is -0.388 e. The van der Waals surface area contributed by atoms with Gasteiger partial charge < -0.3 is 10.4 Å². The third-order valence-electron chi connectivity index (χ3n) is 4.13. The molecule has 1 aromatic rings. The summed E-state index contributed by atoms with van der Waals surface area (Å²) in [6, 6.07) is 8.43. The Kier molecular flexibility index (Phi) is 4.19. The molecule has 0 aliphatic heterocycles. The second-order valence-electron chi connectivity index (χ2n) is 6.93. The number of nitrogens with one attached hydrogen (secondary N) is 1. The van der Waals surface area contributed by atoms with Crippen molar-refractivity contribution in [1.29, 1.82) is 0 Å². The summed E-state index contributed by atoms with van der Waals surface area (Å²) in [4.78, 5) is 0. The van der Waals surface area contributed by atoms with Gasteiger partial charge in [0.25, 0.3) is 0 Å². The van der Waals surface area contributed by atoms with Gasteiger partial charge in [-0.25, -0.2) is 0 Å². The Morgan fingerprint density at radius 1 is 1.11 bits per heavy atom. The van der Waals surface area contributed by atoms with E-state index < -0.39 is 5.60 Å². The summed E-state index contributed by atoms with van der Waals surface area (Å²) in [5.74, 6) is 0. The Hall–Kier alpha value is -1.02. The minimum atomic E-state index is -0.511. The first-order chi connectivity index (χ1) is 8.91. The molecule has 0 spiro atoms. The summed E-state index contributed by atoms with van der Waals surface area (Å²) in [7, 11) is 0. The van der Waals surface area contributed by atoms with Gasteiger partial charge in [0.05, 0.1) is 5.60 Å². The lowest BCUT2D eigenvalue weighted by Gasteiger charge is -2.33. The maximum atomic E-state index is 10.6. The highest BCUT2D eigenvalue weighted by molar-refractivity contribution is 5.54. The summed E-state index contributed by atoms with van der Waals surface area (Å²) in [6.07, 6.45) is 5.43. The average molecular weight is 261 g/mol. The van der Waals surface area contributed by atoms with Crippen LogP contribution in [0, 0.1) is 0 Å². The van der Waals surface area contributed by atoms with Gasteiger partial charge in [0.1, 0.15) is 0 Å². The van der Waals surface area contributed by atoms with Crippen LogP contribution in [0.25, 0.3) is 0 Å². The number of anilines is 1. The zero-order valence-corrected chi connectivity index (χ0v) is 12.5. The molecule has 106 valence electrons. The minimum absolute atomic E-state index is 0.124. The van der Waals surface area contributed by atoms with Gasteiger partial charge >= 0.3 is 0 Å². The Balaban J connectivity index is 2.07. The Labute approximate surface area is 117 Å². The third kappa shape index (κ3) is 3.73. The van der Waals surface area contributed by atoms with Crippen LogP contribution in [0.1, 0.15) is 58.4 Å². The van der Waals surface area contributed by atoms with Crippen LogP contribution in [-0.4, -0.2) is 17.3 Å². The van der Waals surface area contributed by atoms with Gasteiger partial charge in [-0.2, -0.15) is 0 Å². The van der Waals surface area contributed by atoms with E-state index in [-0.39, 0.29) is 5.41 Å². The van der Waals surface area contributed by atoms with E-state index in [1.165, 1.54) is 12.0 Å². The van der Waals surface area contributed by atoms with Crippen molar-refractivity contribution in [3.05, 3.63) is 29.8 Å². The first kappa shape index (κ1) is 14.4. The van der Waals surface area contributed by atoms with E-state index in [1.54, 1.807) is 0 Å². The van der Waals surface area contributed by atoms with Crippen molar-refractivity contribution in [3.8, 4) is 0 Å². The fourth-order valence-corrected chi connectivity index (χ4v) is 2.94.